The molecule has 0 fully saturated rings. The van der Waals surface area contributed by atoms with Crippen LogP contribution in [0.25, 0.3) is 10.9 Å². The largest absolute Gasteiger partial charge is 0.467 e. The summed E-state index contributed by atoms with van der Waals surface area (Å²) in [5, 5.41) is 1.11. The molecule has 0 unspecified atom stereocenters. The second-order valence-corrected chi connectivity index (χ2v) is 4.99. The number of hydrogen-bond acceptors (Lipinski definition) is 3. The summed E-state index contributed by atoms with van der Waals surface area (Å²) in [5.41, 5.74) is 2.06. The molecule has 0 spiro atoms. The van der Waals surface area contributed by atoms with Crippen molar-refractivity contribution >= 4 is 28.3 Å². The van der Waals surface area contributed by atoms with Gasteiger partial charge in [-0.2, -0.15) is 0 Å². The molecule has 0 saturated heterocycles. The fourth-order valence-corrected chi connectivity index (χ4v) is 2.48. The van der Waals surface area contributed by atoms with Gasteiger partial charge >= 0.3 is 0 Å². The van der Waals surface area contributed by atoms with Gasteiger partial charge in [-0.25, -0.2) is 4.98 Å². The van der Waals surface area contributed by atoms with Crippen LogP contribution in [0.15, 0.2) is 53.1 Å². The van der Waals surface area contributed by atoms with E-state index in [1.165, 1.54) is 0 Å². The Morgan fingerprint density at radius 3 is 2.80 bits per heavy atom. The van der Waals surface area contributed by atoms with E-state index in [9.17, 15) is 0 Å². The third-order valence-corrected chi connectivity index (χ3v) is 3.58. The molecule has 4 heteroatoms. The number of para-hydroxylation sites is 1. The molecule has 0 aliphatic carbocycles. The number of benzene rings is 1. The number of hydrogen-bond donors (Lipinski definition) is 0. The first-order valence-corrected chi connectivity index (χ1v) is 6.99. The molecule has 0 saturated carbocycles. The van der Waals surface area contributed by atoms with E-state index in [1.807, 2.05) is 43.4 Å². The van der Waals surface area contributed by atoms with Gasteiger partial charge in [-0.3, -0.25) is 0 Å². The lowest BCUT2D eigenvalue weighted by molar-refractivity contribution is 0.507. The van der Waals surface area contributed by atoms with Gasteiger partial charge in [0, 0.05) is 18.3 Å². The molecule has 0 radical (unpaired) electrons. The number of fused-ring (bicyclic) bond motifs is 1. The number of halogens is 1. The number of alkyl halides is 1. The molecule has 3 rings (SSSR count). The Bertz CT molecular complexity index is 710. The summed E-state index contributed by atoms with van der Waals surface area (Å²) in [5.74, 6) is 2.29. The lowest BCUT2D eigenvalue weighted by Gasteiger charge is -2.18. The predicted molar refractivity (Wildman–Crippen MR) is 82.1 cm³/mol. The zero-order valence-electron chi connectivity index (χ0n) is 11.2. The molecule has 0 bridgehead atoms. The second-order valence-electron chi connectivity index (χ2n) is 4.73. The van der Waals surface area contributed by atoms with Crippen LogP contribution in [0.5, 0.6) is 0 Å². The van der Waals surface area contributed by atoms with Crippen molar-refractivity contribution in [2.75, 3.05) is 11.9 Å². The number of aromatic nitrogens is 1. The zero-order valence-corrected chi connectivity index (χ0v) is 12.0. The molecule has 2 heterocycles. The summed E-state index contributed by atoms with van der Waals surface area (Å²) in [6.45, 7) is 0.681. The Kier molecular flexibility index (Phi) is 3.61. The molecule has 0 aliphatic heterocycles. The highest BCUT2D eigenvalue weighted by Gasteiger charge is 2.09. The van der Waals surface area contributed by atoms with Gasteiger partial charge in [0.05, 0.1) is 18.3 Å². The van der Waals surface area contributed by atoms with Crippen LogP contribution in [0.2, 0.25) is 0 Å². The van der Waals surface area contributed by atoms with Crippen molar-refractivity contribution in [3.63, 3.8) is 0 Å². The first-order valence-electron chi connectivity index (χ1n) is 6.46. The highest BCUT2D eigenvalue weighted by Crippen LogP contribution is 2.24. The maximum Gasteiger partial charge on any atom is 0.129 e. The highest BCUT2D eigenvalue weighted by atomic mass is 35.5. The predicted octanol–water partition coefficient (Wildman–Crippen LogP) is 4.20. The lowest BCUT2D eigenvalue weighted by Crippen LogP contribution is -2.17. The van der Waals surface area contributed by atoms with Gasteiger partial charge in [0.15, 0.2) is 0 Å². The Morgan fingerprint density at radius 2 is 2.05 bits per heavy atom. The van der Waals surface area contributed by atoms with Crippen LogP contribution in [-0.4, -0.2) is 12.0 Å². The fraction of sp³-hybridized carbons (Fsp3) is 0.188. The molecule has 0 N–H and O–H groups in total. The van der Waals surface area contributed by atoms with E-state index < -0.39 is 0 Å². The van der Waals surface area contributed by atoms with E-state index in [-0.39, 0.29) is 0 Å². The van der Waals surface area contributed by atoms with Crippen molar-refractivity contribution in [2.45, 2.75) is 12.4 Å². The van der Waals surface area contributed by atoms with E-state index in [0.717, 1.165) is 28.0 Å². The van der Waals surface area contributed by atoms with Gasteiger partial charge in [-0.1, -0.05) is 18.2 Å². The molecule has 1 aromatic carbocycles. The SMILES string of the molecule is CN(Cc1ccco1)c1cc(CCl)c2ccccc2n1. The summed E-state index contributed by atoms with van der Waals surface area (Å²) < 4.78 is 5.37. The zero-order chi connectivity index (χ0) is 13.9. The van der Waals surface area contributed by atoms with Gasteiger partial charge in [0.25, 0.3) is 0 Å². The second kappa shape index (κ2) is 5.55. The number of anilines is 1. The van der Waals surface area contributed by atoms with Crippen molar-refractivity contribution in [2.24, 2.45) is 0 Å². The molecular formula is C16H15ClN2O. The van der Waals surface area contributed by atoms with Crippen LogP contribution in [0.4, 0.5) is 5.82 Å². The lowest BCUT2D eigenvalue weighted by atomic mass is 10.1. The Morgan fingerprint density at radius 1 is 1.20 bits per heavy atom. The van der Waals surface area contributed by atoms with Crippen LogP contribution >= 0.6 is 11.6 Å². The molecule has 20 heavy (non-hydrogen) atoms. The quantitative estimate of drug-likeness (QED) is 0.673. The van der Waals surface area contributed by atoms with Crippen molar-refractivity contribution in [3.8, 4) is 0 Å². The topological polar surface area (TPSA) is 29.3 Å². The maximum absolute atomic E-state index is 6.06. The van der Waals surface area contributed by atoms with E-state index in [1.54, 1.807) is 6.26 Å². The molecule has 0 atom stereocenters. The smallest absolute Gasteiger partial charge is 0.129 e. The fourth-order valence-electron chi connectivity index (χ4n) is 2.26. The van der Waals surface area contributed by atoms with E-state index >= 15 is 0 Å². The highest BCUT2D eigenvalue weighted by molar-refractivity contribution is 6.18. The molecule has 0 amide bonds. The van der Waals surface area contributed by atoms with Gasteiger partial charge in [0.1, 0.15) is 11.6 Å². The van der Waals surface area contributed by atoms with E-state index in [0.29, 0.717) is 12.4 Å². The minimum Gasteiger partial charge on any atom is -0.467 e. The van der Waals surface area contributed by atoms with Gasteiger partial charge in [-0.15, -0.1) is 11.6 Å². The van der Waals surface area contributed by atoms with E-state index in [2.05, 4.69) is 16.0 Å². The van der Waals surface area contributed by atoms with Crippen molar-refractivity contribution < 1.29 is 4.42 Å². The number of pyridine rings is 1. The summed E-state index contributed by atoms with van der Waals surface area (Å²) in [4.78, 5) is 6.75. The third-order valence-electron chi connectivity index (χ3n) is 3.30. The van der Waals surface area contributed by atoms with Crippen LogP contribution in [0.1, 0.15) is 11.3 Å². The molecular weight excluding hydrogens is 272 g/mol. The number of furan rings is 1. The standard InChI is InChI=1S/C16H15ClN2O/c1-19(11-13-5-4-8-20-13)16-9-12(10-17)14-6-2-3-7-15(14)18-16/h2-9H,10-11H2,1H3. The molecule has 3 nitrogen and oxygen atoms in total. The van der Waals surface area contributed by atoms with Crippen molar-refractivity contribution in [3.05, 3.63) is 60.1 Å². The number of rotatable bonds is 4. The minimum absolute atomic E-state index is 0.477. The van der Waals surface area contributed by atoms with Gasteiger partial charge in [-0.05, 0) is 29.8 Å². The maximum atomic E-state index is 6.06. The normalized spacial score (nSPS) is 10.9. The van der Waals surface area contributed by atoms with Crippen LogP contribution in [-0.2, 0) is 12.4 Å². The molecule has 2 aromatic heterocycles. The summed E-state index contributed by atoms with van der Waals surface area (Å²) in [6, 6.07) is 13.9. The first kappa shape index (κ1) is 13.0. The Labute approximate surface area is 122 Å². The van der Waals surface area contributed by atoms with E-state index in [4.69, 9.17) is 16.0 Å². The summed E-state index contributed by atoms with van der Waals surface area (Å²) in [7, 11) is 2.00. The first-order chi connectivity index (χ1) is 9.78. The van der Waals surface area contributed by atoms with Crippen LogP contribution in [0.3, 0.4) is 0 Å². The van der Waals surface area contributed by atoms with Gasteiger partial charge < -0.3 is 9.32 Å². The summed E-state index contributed by atoms with van der Waals surface area (Å²) in [6.07, 6.45) is 1.68. The average molecular weight is 287 g/mol. The number of nitrogens with zero attached hydrogens (tertiary/aromatic N) is 2. The average Bonchev–Trinajstić information content (AvgIpc) is 2.99. The third kappa shape index (κ3) is 2.49. The van der Waals surface area contributed by atoms with Crippen LogP contribution in [0, 0.1) is 0 Å². The Balaban J connectivity index is 1.98. The molecule has 102 valence electrons. The van der Waals surface area contributed by atoms with Crippen molar-refractivity contribution in [1.29, 1.82) is 0 Å². The summed E-state index contributed by atoms with van der Waals surface area (Å²) >= 11 is 6.06. The molecule has 0 aliphatic rings. The minimum atomic E-state index is 0.477. The Hall–Kier alpha value is -2.00. The molecule has 3 aromatic rings. The van der Waals surface area contributed by atoms with Crippen LogP contribution < -0.4 is 4.90 Å². The van der Waals surface area contributed by atoms with Gasteiger partial charge in [0.2, 0.25) is 0 Å². The monoisotopic (exact) mass is 286 g/mol. The van der Waals surface area contributed by atoms with Crippen molar-refractivity contribution in [1.82, 2.24) is 4.98 Å².